The van der Waals surface area contributed by atoms with E-state index in [1.807, 2.05) is 6.07 Å². The van der Waals surface area contributed by atoms with E-state index in [0.29, 0.717) is 6.04 Å². The lowest BCUT2D eigenvalue weighted by Gasteiger charge is -2.35. The smallest absolute Gasteiger partial charge is 0.221 e. The van der Waals surface area contributed by atoms with Gasteiger partial charge in [-0.2, -0.15) is 0 Å². The maximum absolute atomic E-state index is 11.4. The largest absolute Gasteiger partial charge is 0.326 e. The second kappa shape index (κ2) is 9.94. The molecule has 4 heteroatoms. The van der Waals surface area contributed by atoms with Crippen molar-refractivity contribution in [2.24, 2.45) is 0 Å². The fraction of sp³-hybridized carbons (Fsp3) is 0.632. The first-order chi connectivity index (χ1) is 10.7. The maximum Gasteiger partial charge on any atom is 0.221 e. The summed E-state index contributed by atoms with van der Waals surface area (Å²) in [4.78, 5) is 14.0. The van der Waals surface area contributed by atoms with Crippen molar-refractivity contribution in [3.63, 3.8) is 0 Å². The molecule has 0 radical (unpaired) electrons. The van der Waals surface area contributed by atoms with Gasteiger partial charge < -0.3 is 10.2 Å². The quantitative estimate of drug-likeness (QED) is 0.797. The zero-order chi connectivity index (χ0) is 15.9. The van der Waals surface area contributed by atoms with Crippen molar-refractivity contribution in [3.8, 4) is 0 Å². The van der Waals surface area contributed by atoms with Crippen LogP contribution in [0.4, 0.5) is 5.69 Å². The number of nitrogens with one attached hydrogen (secondary N) is 1. The molecule has 1 atom stereocenters. The number of rotatable bonds is 7. The normalized spacial score (nSPS) is 16.6. The minimum atomic E-state index is 0. The monoisotopic (exact) mass is 338 g/mol. The Hall–Kier alpha value is -1.06. The molecule has 0 saturated carbocycles. The van der Waals surface area contributed by atoms with Gasteiger partial charge in [0.25, 0.3) is 0 Å². The van der Waals surface area contributed by atoms with Gasteiger partial charge >= 0.3 is 0 Å². The maximum atomic E-state index is 11.4. The summed E-state index contributed by atoms with van der Waals surface area (Å²) in [5.74, 6) is 0.0195. The lowest BCUT2D eigenvalue weighted by Crippen LogP contribution is -2.40. The summed E-state index contributed by atoms with van der Waals surface area (Å²) in [6, 6.07) is 6.99. The topological polar surface area (TPSA) is 32.3 Å². The number of nitrogens with zero attached hydrogens (tertiary/aromatic N) is 1. The van der Waals surface area contributed by atoms with Crippen LogP contribution in [0.3, 0.4) is 0 Å². The standard InChI is InChI=1S/C19H30N2O.ClH/c1-4-6-13-21(12-5-2)17-10-11-18-16(14-17)8-7-9-19(18)20-15(3)22;/h7-9,17H,4-6,10-14H2,1-3H3,(H,20,22);1H. The van der Waals surface area contributed by atoms with Crippen LogP contribution < -0.4 is 5.32 Å². The van der Waals surface area contributed by atoms with E-state index >= 15 is 0 Å². The number of halogens is 1. The molecule has 0 fully saturated rings. The van der Waals surface area contributed by atoms with E-state index in [2.05, 4.69) is 36.2 Å². The highest BCUT2D eigenvalue weighted by atomic mass is 35.5. The lowest BCUT2D eigenvalue weighted by molar-refractivity contribution is -0.114. The van der Waals surface area contributed by atoms with Crippen LogP contribution in [0.15, 0.2) is 18.2 Å². The average Bonchev–Trinajstić information content (AvgIpc) is 2.50. The highest BCUT2D eigenvalue weighted by molar-refractivity contribution is 5.89. The van der Waals surface area contributed by atoms with Crippen LogP contribution in [0.5, 0.6) is 0 Å². The van der Waals surface area contributed by atoms with Crippen molar-refractivity contribution in [2.75, 3.05) is 18.4 Å². The summed E-state index contributed by atoms with van der Waals surface area (Å²) in [5.41, 5.74) is 3.78. The lowest BCUT2D eigenvalue weighted by atomic mass is 9.86. The van der Waals surface area contributed by atoms with Gasteiger partial charge in [0.1, 0.15) is 0 Å². The predicted octanol–water partition coefficient (Wildman–Crippen LogP) is 4.44. The van der Waals surface area contributed by atoms with E-state index in [9.17, 15) is 4.79 Å². The third-order valence-electron chi connectivity index (χ3n) is 4.59. The Morgan fingerprint density at radius 1 is 1.26 bits per heavy atom. The van der Waals surface area contributed by atoms with E-state index in [-0.39, 0.29) is 18.3 Å². The molecule has 23 heavy (non-hydrogen) atoms. The SMILES string of the molecule is CCCCN(CCC)C1CCc2c(cccc2NC(C)=O)C1.Cl. The molecule has 1 amide bonds. The summed E-state index contributed by atoms with van der Waals surface area (Å²) >= 11 is 0. The summed E-state index contributed by atoms with van der Waals surface area (Å²) in [5, 5.41) is 2.98. The molecular formula is C19H31ClN2O. The molecular weight excluding hydrogens is 308 g/mol. The molecule has 1 unspecified atom stereocenters. The van der Waals surface area contributed by atoms with Crippen LogP contribution in [0.25, 0.3) is 0 Å². The van der Waals surface area contributed by atoms with Gasteiger partial charge in [-0.25, -0.2) is 0 Å². The van der Waals surface area contributed by atoms with Gasteiger partial charge in [-0.3, -0.25) is 4.79 Å². The molecule has 1 aliphatic rings. The summed E-state index contributed by atoms with van der Waals surface area (Å²) in [7, 11) is 0. The third-order valence-corrected chi connectivity index (χ3v) is 4.59. The van der Waals surface area contributed by atoms with Crippen LogP contribution in [0, 0.1) is 0 Å². The van der Waals surface area contributed by atoms with E-state index in [1.165, 1.54) is 49.9 Å². The van der Waals surface area contributed by atoms with Crippen LogP contribution in [-0.4, -0.2) is 29.9 Å². The fourth-order valence-electron chi connectivity index (χ4n) is 3.53. The molecule has 0 spiro atoms. The number of unbranched alkanes of at least 4 members (excludes halogenated alkanes) is 1. The second-order valence-electron chi connectivity index (χ2n) is 6.41. The second-order valence-corrected chi connectivity index (χ2v) is 6.41. The molecule has 0 bridgehead atoms. The van der Waals surface area contributed by atoms with Gasteiger partial charge in [-0.15, -0.1) is 12.4 Å². The molecule has 1 aliphatic carbocycles. The molecule has 0 aliphatic heterocycles. The summed E-state index contributed by atoms with van der Waals surface area (Å²) < 4.78 is 0. The van der Waals surface area contributed by atoms with Crippen LogP contribution in [-0.2, 0) is 17.6 Å². The Morgan fingerprint density at radius 3 is 2.70 bits per heavy atom. The summed E-state index contributed by atoms with van der Waals surface area (Å²) in [6.45, 7) is 8.53. The van der Waals surface area contributed by atoms with Crippen LogP contribution in [0.2, 0.25) is 0 Å². The molecule has 1 aromatic rings. The minimum Gasteiger partial charge on any atom is -0.326 e. The number of hydrogen-bond donors (Lipinski definition) is 1. The molecule has 3 nitrogen and oxygen atoms in total. The van der Waals surface area contributed by atoms with Gasteiger partial charge in [0.2, 0.25) is 5.91 Å². The number of anilines is 1. The number of carbonyl (C=O) groups is 1. The number of carbonyl (C=O) groups excluding carboxylic acids is 1. The first kappa shape index (κ1) is 20.0. The zero-order valence-corrected chi connectivity index (χ0v) is 15.5. The molecule has 130 valence electrons. The Labute approximate surface area is 147 Å². The zero-order valence-electron chi connectivity index (χ0n) is 14.7. The molecule has 1 aromatic carbocycles. The Kier molecular flexibility index (Phi) is 8.64. The van der Waals surface area contributed by atoms with E-state index in [1.54, 1.807) is 6.92 Å². The van der Waals surface area contributed by atoms with E-state index in [4.69, 9.17) is 0 Å². The number of benzene rings is 1. The van der Waals surface area contributed by atoms with Gasteiger partial charge in [0, 0.05) is 18.7 Å². The predicted molar refractivity (Wildman–Crippen MR) is 101 cm³/mol. The van der Waals surface area contributed by atoms with Gasteiger partial charge in [-0.05, 0) is 62.4 Å². The Balaban J connectivity index is 0.00000264. The first-order valence-electron chi connectivity index (χ1n) is 8.78. The van der Waals surface area contributed by atoms with Crippen molar-refractivity contribution < 1.29 is 4.79 Å². The third kappa shape index (κ3) is 5.50. The molecule has 0 saturated heterocycles. The van der Waals surface area contributed by atoms with Crippen molar-refractivity contribution >= 4 is 24.0 Å². The number of amides is 1. The highest BCUT2D eigenvalue weighted by Crippen LogP contribution is 2.30. The molecule has 0 heterocycles. The number of hydrogen-bond acceptors (Lipinski definition) is 2. The van der Waals surface area contributed by atoms with Crippen molar-refractivity contribution in [1.82, 2.24) is 4.90 Å². The average molecular weight is 339 g/mol. The number of fused-ring (bicyclic) bond motifs is 1. The van der Waals surface area contributed by atoms with Crippen LogP contribution >= 0.6 is 12.4 Å². The van der Waals surface area contributed by atoms with Crippen molar-refractivity contribution in [3.05, 3.63) is 29.3 Å². The van der Waals surface area contributed by atoms with Crippen molar-refractivity contribution in [1.29, 1.82) is 0 Å². The van der Waals surface area contributed by atoms with E-state index in [0.717, 1.165) is 18.5 Å². The Morgan fingerprint density at radius 2 is 2.04 bits per heavy atom. The summed E-state index contributed by atoms with van der Waals surface area (Å²) in [6.07, 6.45) is 7.16. The molecule has 1 N–H and O–H groups in total. The van der Waals surface area contributed by atoms with Gasteiger partial charge in [-0.1, -0.05) is 32.4 Å². The molecule has 0 aromatic heterocycles. The van der Waals surface area contributed by atoms with Crippen molar-refractivity contribution in [2.45, 2.75) is 65.3 Å². The molecule has 2 rings (SSSR count). The van der Waals surface area contributed by atoms with Gasteiger partial charge in [0.05, 0.1) is 0 Å². The highest BCUT2D eigenvalue weighted by Gasteiger charge is 2.25. The van der Waals surface area contributed by atoms with E-state index < -0.39 is 0 Å². The minimum absolute atomic E-state index is 0. The fourth-order valence-corrected chi connectivity index (χ4v) is 3.53. The first-order valence-corrected chi connectivity index (χ1v) is 8.78. The Bertz CT molecular complexity index is 504. The van der Waals surface area contributed by atoms with Crippen LogP contribution in [0.1, 0.15) is 57.6 Å². The van der Waals surface area contributed by atoms with Gasteiger partial charge in [0.15, 0.2) is 0 Å².